The lowest BCUT2D eigenvalue weighted by Crippen LogP contribution is -2.13. The normalized spacial score (nSPS) is 10.3. The first-order chi connectivity index (χ1) is 8.63. The Morgan fingerprint density at radius 3 is 2.22 bits per heavy atom. The van der Waals surface area contributed by atoms with Crippen molar-refractivity contribution in [3.8, 4) is 0 Å². The molecule has 0 spiro atoms. The van der Waals surface area contributed by atoms with Gasteiger partial charge < -0.3 is 11.5 Å². The predicted molar refractivity (Wildman–Crippen MR) is 71.2 cm³/mol. The van der Waals surface area contributed by atoms with E-state index in [1.165, 1.54) is 0 Å². The van der Waals surface area contributed by atoms with E-state index >= 15 is 0 Å². The van der Waals surface area contributed by atoms with Crippen molar-refractivity contribution >= 4 is 11.7 Å². The number of primary amides is 1. The first-order valence-corrected chi connectivity index (χ1v) is 6.24. The first-order valence-electron chi connectivity index (χ1n) is 6.24. The Hall–Kier alpha value is -1.68. The van der Waals surface area contributed by atoms with E-state index in [4.69, 9.17) is 11.5 Å². The highest BCUT2D eigenvalue weighted by Gasteiger charge is 2.06. The molecule has 4 nitrogen and oxygen atoms in total. The summed E-state index contributed by atoms with van der Waals surface area (Å²) in [6.07, 6.45) is 3.59. The van der Waals surface area contributed by atoms with E-state index in [0.29, 0.717) is 18.5 Å². The van der Waals surface area contributed by atoms with Gasteiger partial charge in [0.25, 0.3) is 0 Å². The minimum atomic E-state index is -0.365. The smallest absolute Gasteiger partial charge is 0.221 e. The third-order valence-electron chi connectivity index (χ3n) is 2.76. The van der Waals surface area contributed by atoms with Crippen LogP contribution in [0.4, 0.5) is 0 Å². The van der Waals surface area contributed by atoms with Gasteiger partial charge in [0.15, 0.2) is 5.78 Å². The summed E-state index contributed by atoms with van der Waals surface area (Å²) in [6, 6.07) is 7.06. The van der Waals surface area contributed by atoms with E-state index < -0.39 is 0 Å². The van der Waals surface area contributed by atoms with Crippen molar-refractivity contribution in [1.29, 1.82) is 0 Å². The molecule has 0 saturated heterocycles. The maximum atomic E-state index is 11.8. The van der Waals surface area contributed by atoms with E-state index in [1.54, 1.807) is 24.3 Å². The summed E-state index contributed by atoms with van der Waals surface area (Å²) in [4.78, 5) is 22.6. The highest BCUT2D eigenvalue weighted by Crippen LogP contribution is 2.10. The lowest BCUT2D eigenvalue weighted by molar-refractivity contribution is -0.117. The number of nitrogens with two attached hydrogens (primary N) is 2. The second-order valence-electron chi connectivity index (χ2n) is 4.36. The average molecular weight is 248 g/mol. The molecule has 4 heteroatoms. The topological polar surface area (TPSA) is 86.2 Å². The van der Waals surface area contributed by atoms with Gasteiger partial charge in [-0.05, 0) is 24.9 Å². The van der Waals surface area contributed by atoms with Gasteiger partial charge in [-0.25, -0.2) is 0 Å². The summed E-state index contributed by atoms with van der Waals surface area (Å²) in [7, 11) is 0. The van der Waals surface area contributed by atoms with E-state index in [-0.39, 0.29) is 18.1 Å². The largest absolute Gasteiger partial charge is 0.369 e. The molecule has 0 saturated carbocycles. The molecular formula is C14H20N2O2. The van der Waals surface area contributed by atoms with Crippen molar-refractivity contribution in [1.82, 2.24) is 0 Å². The molecule has 0 bridgehead atoms. The van der Waals surface area contributed by atoms with Crippen molar-refractivity contribution in [3.05, 3.63) is 35.4 Å². The SMILES string of the molecule is NCCCCCC(=O)c1ccc(CC(N)=O)cc1. The minimum absolute atomic E-state index is 0.137. The maximum Gasteiger partial charge on any atom is 0.221 e. The highest BCUT2D eigenvalue weighted by molar-refractivity contribution is 5.96. The molecule has 0 unspecified atom stereocenters. The van der Waals surface area contributed by atoms with Gasteiger partial charge in [-0.3, -0.25) is 9.59 Å². The molecule has 18 heavy (non-hydrogen) atoms. The van der Waals surface area contributed by atoms with Gasteiger partial charge in [-0.2, -0.15) is 0 Å². The summed E-state index contributed by atoms with van der Waals surface area (Å²) in [5.41, 5.74) is 12.0. The van der Waals surface area contributed by atoms with Gasteiger partial charge in [0, 0.05) is 12.0 Å². The number of benzene rings is 1. The molecule has 4 N–H and O–H groups in total. The number of ketones is 1. The van der Waals surface area contributed by atoms with Crippen LogP contribution < -0.4 is 11.5 Å². The molecule has 1 amide bonds. The monoisotopic (exact) mass is 248 g/mol. The Kier molecular flexibility index (Phi) is 6.08. The van der Waals surface area contributed by atoms with Gasteiger partial charge in [-0.15, -0.1) is 0 Å². The summed E-state index contributed by atoms with van der Waals surface area (Å²) >= 11 is 0. The Balaban J connectivity index is 2.46. The summed E-state index contributed by atoms with van der Waals surface area (Å²) in [6.45, 7) is 0.677. The van der Waals surface area contributed by atoms with Crippen molar-refractivity contribution in [3.63, 3.8) is 0 Å². The van der Waals surface area contributed by atoms with Crippen LogP contribution in [0.25, 0.3) is 0 Å². The third-order valence-corrected chi connectivity index (χ3v) is 2.76. The molecule has 0 aliphatic carbocycles. The fourth-order valence-electron chi connectivity index (χ4n) is 1.76. The second kappa shape index (κ2) is 7.61. The standard InChI is InChI=1S/C14H20N2O2/c15-9-3-1-2-4-13(17)12-7-5-11(6-8-12)10-14(16)18/h5-8H,1-4,9-10,15H2,(H2,16,18). The Morgan fingerprint density at radius 2 is 1.67 bits per heavy atom. The average Bonchev–Trinajstić information content (AvgIpc) is 2.34. The zero-order valence-electron chi connectivity index (χ0n) is 10.5. The minimum Gasteiger partial charge on any atom is -0.369 e. The van der Waals surface area contributed by atoms with Crippen molar-refractivity contribution in [2.75, 3.05) is 6.54 Å². The Morgan fingerprint density at radius 1 is 1.00 bits per heavy atom. The van der Waals surface area contributed by atoms with Crippen LogP contribution in [0.3, 0.4) is 0 Å². The Labute approximate surface area is 107 Å². The fourth-order valence-corrected chi connectivity index (χ4v) is 1.76. The van der Waals surface area contributed by atoms with Gasteiger partial charge in [0.05, 0.1) is 6.42 Å². The molecule has 1 rings (SSSR count). The number of amides is 1. The maximum absolute atomic E-state index is 11.8. The van der Waals surface area contributed by atoms with Crippen LogP contribution >= 0.6 is 0 Å². The molecule has 0 aliphatic heterocycles. The van der Waals surface area contributed by atoms with Crippen molar-refractivity contribution in [2.24, 2.45) is 11.5 Å². The number of Topliss-reactive ketones (excluding diaryl/α,β-unsaturated/α-hetero) is 1. The van der Waals surface area contributed by atoms with Crippen LogP contribution in [0.5, 0.6) is 0 Å². The number of unbranched alkanes of at least 4 members (excludes halogenated alkanes) is 2. The van der Waals surface area contributed by atoms with E-state index in [1.807, 2.05) is 0 Å². The zero-order valence-corrected chi connectivity index (χ0v) is 10.5. The van der Waals surface area contributed by atoms with Gasteiger partial charge in [0.1, 0.15) is 0 Å². The van der Waals surface area contributed by atoms with Gasteiger partial charge >= 0.3 is 0 Å². The molecule has 0 heterocycles. The molecule has 1 aromatic carbocycles. The van der Waals surface area contributed by atoms with Crippen molar-refractivity contribution < 1.29 is 9.59 Å². The van der Waals surface area contributed by atoms with Crippen molar-refractivity contribution in [2.45, 2.75) is 32.1 Å². The van der Waals surface area contributed by atoms with Crippen LogP contribution in [-0.4, -0.2) is 18.2 Å². The lowest BCUT2D eigenvalue weighted by Gasteiger charge is -2.03. The van der Waals surface area contributed by atoms with E-state index in [2.05, 4.69) is 0 Å². The molecule has 0 fully saturated rings. The number of hydrogen-bond acceptors (Lipinski definition) is 3. The number of rotatable bonds is 8. The molecule has 0 aromatic heterocycles. The predicted octanol–water partition coefficient (Wildman–Crippen LogP) is 1.42. The van der Waals surface area contributed by atoms with Crippen LogP contribution in [0, 0.1) is 0 Å². The van der Waals surface area contributed by atoms with E-state index in [0.717, 1.165) is 24.8 Å². The summed E-state index contributed by atoms with van der Waals surface area (Å²) < 4.78 is 0. The van der Waals surface area contributed by atoms with Crippen LogP contribution in [0.15, 0.2) is 24.3 Å². The molecule has 1 aromatic rings. The number of carbonyl (C=O) groups excluding carboxylic acids is 2. The number of carbonyl (C=O) groups is 2. The van der Waals surface area contributed by atoms with Crippen LogP contribution in [-0.2, 0) is 11.2 Å². The summed E-state index contributed by atoms with van der Waals surface area (Å²) in [5, 5.41) is 0. The number of hydrogen-bond donors (Lipinski definition) is 2. The fraction of sp³-hybridized carbons (Fsp3) is 0.429. The van der Waals surface area contributed by atoms with Crippen LogP contribution in [0.2, 0.25) is 0 Å². The zero-order chi connectivity index (χ0) is 13.4. The quantitative estimate of drug-likeness (QED) is 0.539. The lowest BCUT2D eigenvalue weighted by atomic mass is 10.0. The molecule has 0 aliphatic rings. The molecule has 0 atom stereocenters. The van der Waals surface area contributed by atoms with Gasteiger partial charge in [-0.1, -0.05) is 30.7 Å². The molecule has 0 radical (unpaired) electrons. The molecular weight excluding hydrogens is 228 g/mol. The summed E-state index contributed by atoms with van der Waals surface area (Å²) in [5.74, 6) is -0.228. The van der Waals surface area contributed by atoms with Crippen LogP contribution in [0.1, 0.15) is 41.6 Å². The third kappa shape index (κ3) is 5.10. The highest BCUT2D eigenvalue weighted by atomic mass is 16.1. The van der Waals surface area contributed by atoms with E-state index in [9.17, 15) is 9.59 Å². The molecule has 98 valence electrons. The van der Waals surface area contributed by atoms with Gasteiger partial charge in [0.2, 0.25) is 5.91 Å². The first kappa shape index (κ1) is 14.4. The second-order valence-corrected chi connectivity index (χ2v) is 4.36. The Bertz CT molecular complexity index is 399.